The lowest BCUT2D eigenvalue weighted by Crippen LogP contribution is -2.25. The number of ether oxygens (including phenoxy) is 2. The van der Waals surface area contributed by atoms with Gasteiger partial charge in [0.1, 0.15) is 11.5 Å². The second kappa shape index (κ2) is 13.9. The average Bonchev–Trinajstić information content (AvgIpc) is 3.41. The second-order valence-electron chi connectivity index (χ2n) is 9.19. The maximum absolute atomic E-state index is 13.2. The first-order valence-electron chi connectivity index (χ1n) is 12.8. The number of methoxy groups -OCH3 is 2. The molecule has 17 heteroatoms. The van der Waals surface area contributed by atoms with Gasteiger partial charge in [-0.1, -0.05) is 29.4 Å². The van der Waals surface area contributed by atoms with E-state index in [0.717, 1.165) is 30.0 Å². The molecule has 0 aliphatic carbocycles. The quantitative estimate of drug-likeness (QED) is 0.115. The predicted molar refractivity (Wildman–Crippen MR) is 159 cm³/mol. The fraction of sp³-hybridized carbons (Fsp3) is 0.214. The summed E-state index contributed by atoms with van der Waals surface area (Å²) in [4.78, 5) is 36.5. The molecule has 1 aromatic heterocycles. The number of amides is 2. The Labute approximate surface area is 263 Å². The minimum atomic E-state index is -4.63. The number of alkyl halides is 3. The van der Waals surface area contributed by atoms with Crippen molar-refractivity contribution in [2.24, 2.45) is 0 Å². The maximum atomic E-state index is 13.2. The molecule has 0 atom stereocenters. The van der Waals surface area contributed by atoms with Crippen molar-refractivity contribution in [3.8, 4) is 17.2 Å². The van der Waals surface area contributed by atoms with Gasteiger partial charge in [0.05, 0.1) is 53.4 Å². The summed E-state index contributed by atoms with van der Waals surface area (Å²) in [5.74, 6) is -0.591. The number of carbonyl (C=O) groups is 2. The van der Waals surface area contributed by atoms with E-state index in [4.69, 9.17) is 21.1 Å². The van der Waals surface area contributed by atoms with Gasteiger partial charge in [0.25, 0.3) is 11.6 Å². The van der Waals surface area contributed by atoms with Crippen molar-refractivity contribution in [1.82, 2.24) is 20.1 Å². The fourth-order valence-corrected chi connectivity index (χ4v) is 5.09. The third-order valence-corrected chi connectivity index (χ3v) is 7.64. The van der Waals surface area contributed by atoms with Crippen LogP contribution < -0.4 is 20.1 Å². The van der Waals surface area contributed by atoms with Gasteiger partial charge >= 0.3 is 6.18 Å². The molecule has 0 fully saturated rings. The van der Waals surface area contributed by atoms with Gasteiger partial charge < -0.3 is 20.1 Å². The van der Waals surface area contributed by atoms with E-state index in [-0.39, 0.29) is 50.8 Å². The highest BCUT2D eigenvalue weighted by Gasteiger charge is 2.31. The Kier molecular flexibility index (Phi) is 10.2. The Morgan fingerprint density at radius 1 is 1.09 bits per heavy atom. The van der Waals surface area contributed by atoms with Crippen molar-refractivity contribution >= 4 is 46.6 Å². The molecule has 0 aliphatic rings. The topological polar surface area (TPSA) is 151 Å². The number of nitrogens with one attached hydrogen (secondary N) is 2. The van der Waals surface area contributed by atoms with Crippen LogP contribution in [0.25, 0.3) is 5.69 Å². The van der Waals surface area contributed by atoms with E-state index >= 15 is 0 Å². The van der Waals surface area contributed by atoms with Crippen molar-refractivity contribution in [1.29, 1.82) is 0 Å². The van der Waals surface area contributed by atoms with E-state index in [2.05, 4.69) is 20.8 Å². The number of halogens is 4. The summed E-state index contributed by atoms with van der Waals surface area (Å²) in [5.41, 5.74) is -0.746. The number of thioether (sulfide) groups is 1. The van der Waals surface area contributed by atoms with E-state index < -0.39 is 28.5 Å². The smallest absolute Gasteiger partial charge is 0.416 e. The second-order valence-corrected chi connectivity index (χ2v) is 10.5. The van der Waals surface area contributed by atoms with Crippen LogP contribution in [0.2, 0.25) is 5.02 Å². The Hall–Kier alpha value is -4.83. The van der Waals surface area contributed by atoms with Gasteiger partial charge in [0.15, 0.2) is 11.0 Å². The van der Waals surface area contributed by atoms with E-state index in [1.54, 1.807) is 18.2 Å². The van der Waals surface area contributed by atoms with Crippen LogP contribution in [0.3, 0.4) is 0 Å². The number of rotatable bonds is 11. The summed E-state index contributed by atoms with van der Waals surface area (Å²) in [7, 11) is 2.89. The molecule has 0 bridgehead atoms. The lowest BCUT2D eigenvalue weighted by molar-refractivity contribution is -0.385. The molecular weight excluding hydrogens is 641 g/mol. The number of nitro benzene ring substituents is 1. The van der Waals surface area contributed by atoms with Crippen molar-refractivity contribution in [3.05, 3.63) is 92.2 Å². The normalized spacial score (nSPS) is 11.2. The molecule has 0 unspecified atom stereocenters. The van der Waals surface area contributed by atoms with Gasteiger partial charge in [0.2, 0.25) is 5.91 Å². The van der Waals surface area contributed by atoms with E-state index in [1.807, 2.05) is 0 Å². The van der Waals surface area contributed by atoms with Gasteiger partial charge in [-0.25, -0.2) is 0 Å². The van der Waals surface area contributed by atoms with Crippen LogP contribution in [0.5, 0.6) is 11.5 Å². The van der Waals surface area contributed by atoms with Crippen LogP contribution in [0, 0.1) is 17.0 Å². The Balaban J connectivity index is 1.62. The lowest BCUT2D eigenvalue weighted by atomic mass is 10.1. The number of aromatic nitrogens is 3. The lowest BCUT2D eigenvalue weighted by Gasteiger charge is -2.16. The number of hydrogen-bond acceptors (Lipinski definition) is 9. The molecule has 0 aliphatic heterocycles. The number of carbonyl (C=O) groups excluding carboxylic acids is 2. The highest BCUT2D eigenvalue weighted by Crippen LogP contribution is 2.35. The van der Waals surface area contributed by atoms with Crippen molar-refractivity contribution in [2.75, 3.05) is 25.3 Å². The van der Waals surface area contributed by atoms with Gasteiger partial charge in [-0.3, -0.25) is 24.3 Å². The van der Waals surface area contributed by atoms with Crippen LogP contribution in [-0.4, -0.2) is 51.5 Å². The molecule has 4 rings (SSSR count). The molecule has 2 N–H and O–H groups in total. The number of nitrogens with zero attached hydrogens (tertiary/aromatic N) is 4. The minimum absolute atomic E-state index is 0.0809. The first kappa shape index (κ1) is 33.1. The van der Waals surface area contributed by atoms with Crippen LogP contribution >= 0.6 is 23.4 Å². The van der Waals surface area contributed by atoms with Gasteiger partial charge in [0, 0.05) is 23.3 Å². The summed E-state index contributed by atoms with van der Waals surface area (Å²) in [5, 5.41) is 24.8. The largest absolute Gasteiger partial charge is 0.497 e. The molecule has 3 aromatic carbocycles. The van der Waals surface area contributed by atoms with Crippen LogP contribution in [0.15, 0.2) is 59.8 Å². The number of benzene rings is 3. The Morgan fingerprint density at radius 2 is 1.84 bits per heavy atom. The summed E-state index contributed by atoms with van der Waals surface area (Å²) in [6.07, 6.45) is -4.63. The van der Waals surface area contributed by atoms with E-state index in [1.165, 1.54) is 43.9 Å². The highest BCUT2D eigenvalue weighted by molar-refractivity contribution is 7.99. The first-order chi connectivity index (χ1) is 21.3. The summed E-state index contributed by atoms with van der Waals surface area (Å²) >= 11 is 6.91. The number of nitro groups is 1. The number of anilines is 1. The zero-order valence-corrected chi connectivity index (χ0v) is 25.3. The van der Waals surface area contributed by atoms with E-state index in [0.29, 0.717) is 17.2 Å². The molecule has 12 nitrogen and oxygen atoms in total. The predicted octanol–water partition coefficient (Wildman–Crippen LogP) is 5.83. The molecule has 2 amide bonds. The van der Waals surface area contributed by atoms with Crippen LogP contribution in [0.4, 0.5) is 24.5 Å². The zero-order chi connectivity index (χ0) is 32.9. The molecular formula is C28H24ClF3N6O6S. The molecule has 1 heterocycles. The average molecular weight is 665 g/mol. The molecule has 0 radical (unpaired) electrons. The minimum Gasteiger partial charge on any atom is -0.497 e. The molecule has 0 saturated carbocycles. The number of hydrogen-bond donors (Lipinski definition) is 2. The third-order valence-electron chi connectivity index (χ3n) is 6.38. The SMILES string of the molecule is COc1ccc(OC)c(-n2c(CNC(=O)c3cccc([N+](=O)[O-])c3C)nnc2SCC(=O)Nc2cc(C(F)(F)F)ccc2Cl)c1. The summed E-state index contributed by atoms with van der Waals surface area (Å²) < 4.78 is 51.8. The molecule has 236 valence electrons. The fourth-order valence-electron chi connectivity index (χ4n) is 4.16. The van der Waals surface area contributed by atoms with Crippen LogP contribution in [0.1, 0.15) is 27.3 Å². The van der Waals surface area contributed by atoms with Gasteiger partial charge in [-0.05, 0) is 43.3 Å². The molecule has 0 saturated heterocycles. The first-order valence-corrected chi connectivity index (χ1v) is 14.2. The Bertz CT molecular complexity index is 1770. The van der Waals surface area contributed by atoms with Crippen molar-refractivity contribution in [2.45, 2.75) is 24.8 Å². The maximum Gasteiger partial charge on any atom is 0.416 e. The molecule has 0 spiro atoms. The van der Waals surface area contributed by atoms with Crippen molar-refractivity contribution < 1.29 is 37.2 Å². The monoisotopic (exact) mass is 664 g/mol. The Morgan fingerprint density at radius 3 is 2.51 bits per heavy atom. The third kappa shape index (κ3) is 7.64. The molecule has 4 aromatic rings. The standard InChI is InChI=1S/C28H24ClF3N6O6S/c1-15-18(5-4-6-21(15)38(41)42)26(40)33-13-24-35-36-27(37(24)22-12-17(43-2)8-10-23(22)44-3)45-14-25(39)34-20-11-16(28(30,31)32)7-9-19(20)29/h4-12H,13-14H2,1-3H3,(H,33,40)(H,34,39). The van der Waals surface area contributed by atoms with Gasteiger partial charge in [-0.15, -0.1) is 10.2 Å². The van der Waals surface area contributed by atoms with Crippen molar-refractivity contribution in [3.63, 3.8) is 0 Å². The van der Waals surface area contributed by atoms with Crippen LogP contribution in [-0.2, 0) is 17.5 Å². The van der Waals surface area contributed by atoms with Gasteiger partial charge in [-0.2, -0.15) is 13.2 Å². The highest BCUT2D eigenvalue weighted by atomic mass is 35.5. The van der Waals surface area contributed by atoms with E-state index in [9.17, 15) is 32.9 Å². The summed E-state index contributed by atoms with van der Waals surface area (Å²) in [6, 6.07) is 11.6. The zero-order valence-electron chi connectivity index (χ0n) is 23.8. The summed E-state index contributed by atoms with van der Waals surface area (Å²) in [6.45, 7) is 1.27. The molecule has 45 heavy (non-hydrogen) atoms.